The number of hydrogen-bond donors (Lipinski definition) is 0. The summed E-state index contributed by atoms with van der Waals surface area (Å²) in [6.45, 7) is 0. The lowest BCUT2D eigenvalue weighted by molar-refractivity contribution is -0.385. The van der Waals surface area contributed by atoms with Crippen molar-refractivity contribution < 1.29 is 9.76 Å². The first-order chi connectivity index (χ1) is 7.72. The van der Waals surface area contributed by atoms with Crippen molar-refractivity contribution in [2.24, 2.45) is 5.16 Å². The van der Waals surface area contributed by atoms with Crippen molar-refractivity contribution in [3.05, 3.63) is 39.9 Å². The minimum atomic E-state index is -0.425. The molecule has 1 aliphatic rings. The Bertz CT molecular complexity index is 447. The molecule has 1 heterocycles. The monoisotopic (exact) mass is 240 g/mol. The van der Waals surface area contributed by atoms with Gasteiger partial charge in [-0.3, -0.25) is 10.1 Å². The second kappa shape index (κ2) is 4.49. The molecule has 0 fully saturated rings. The Balaban J connectivity index is 2.31. The maximum atomic E-state index is 10.8. The second-order valence-electron chi connectivity index (χ2n) is 3.40. The molecule has 0 amide bonds. The number of oxime groups is 1. The van der Waals surface area contributed by atoms with Crippen molar-refractivity contribution in [1.29, 1.82) is 0 Å². The van der Waals surface area contributed by atoms with Gasteiger partial charge in [0.15, 0.2) is 0 Å². The van der Waals surface area contributed by atoms with Gasteiger partial charge in [-0.1, -0.05) is 17.3 Å². The number of alkyl halides is 1. The van der Waals surface area contributed by atoms with Gasteiger partial charge in [0.1, 0.15) is 6.10 Å². The smallest absolute Gasteiger partial charge is 0.278 e. The quantitative estimate of drug-likeness (QED) is 0.463. The van der Waals surface area contributed by atoms with Crippen LogP contribution in [0.25, 0.3) is 0 Å². The lowest BCUT2D eigenvalue weighted by atomic mass is 10.0. The summed E-state index contributed by atoms with van der Waals surface area (Å²) in [7, 11) is 0. The van der Waals surface area contributed by atoms with Gasteiger partial charge < -0.3 is 4.84 Å². The van der Waals surface area contributed by atoms with E-state index in [9.17, 15) is 10.1 Å². The van der Waals surface area contributed by atoms with E-state index in [1.807, 2.05) is 0 Å². The molecule has 5 nitrogen and oxygen atoms in total. The first kappa shape index (κ1) is 10.9. The lowest BCUT2D eigenvalue weighted by Gasteiger charge is -2.01. The molecule has 0 aromatic heterocycles. The summed E-state index contributed by atoms with van der Waals surface area (Å²) in [5.41, 5.74) is 1.12. The van der Waals surface area contributed by atoms with Gasteiger partial charge in [-0.15, -0.1) is 11.6 Å². The van der Waals surface area contributed by atoms with Gasteiger partial charge in [0.2, 0.25) is 0 Å². The van der Waals surface area contributed by atoms with Crippen LogP contribution in [0, 0.1) is 10.1 Å². The summed E-state index contributed by atoms with van der Waals surface area (Å²) in [5, 5.41) is 14.6. The normalized spacial score (nSPS) is 19.1. The fourth-order valence-corrected chi connectivity index (χ4v) is 1.71. The molecule has 2 rings (SSSR count). The Kier molecular flexibility index (Phi) is 3.05. The average Bonchev–Trinajstić information content (AvgIpc) is 2.77. The van der Waals surface area contributed by atoms with Crippen LogP contribution in [0.3, 0.4) is 0 Å². The summed E-state index contributed by atoms with van der Waals surface area (Å²) >= 11 is 5.63. The molecule has 0 aliphatic carbocycles. The van der Waals surface area contributed by atoms with Crippen molar-refractivity contribution in [3.63, 3.8) is 0 Å². The molecule has 0 radical (unpaired) electrons. The summed E-state index contributed by atoms with van der Waals surface area (Å²) in [5.74, 6) is 0.327. The zero-order valence-electron chi connectivity index (χ0n) is 8.30. The number of nitrogens with zero attached hydrogens (tertiary/aromatic N) is 2. The highest BCUT2D eigenvalue weighted by molar-refractivity contribution is 6.18. The van der Waals surface area contributed by atoms with Crippen molar-refractivity contribution in [3.8, 4) is 0 Å². The van der Waals surface area contributed by atoms with E-state index in [0.717, 1.165) is 0 Å². The first-order valence-electron chi connectivity index (χ1n) is 4.75. The predicted octanol–water partition coefficient (Wildman–Crippen LogP) is 2.33. The van der Waals surface area contributed by atoms with Crippen LogP contribution >= 0.6 is 11.6 Å². The Morgan fingerprint density at radius 2 is 2.31 bits per heavy atom. The third-order valence-electron chi connectivity index (χ3n) is 2.32. The maximum Gasteiger partial charge on any atom is 0.278 e. The number of rotatable bonds is 3. The third kappa shape index (κ3) is 1.99. The Hall–Kier alpha value is -1.62. The molecule has 1 aromatic carbocycles. The van der Waals surface area contributed by atoms with Crippen LogP contribution in [-0.2, 0) is 4.84 Å². The third-order valence-corrected chi connectivity index (χ3v) is 2.66. The van der Waals surface area contributed by atoms with Gasteiger partial charge in [0, 0.05) is 12.5 Å². The molecule has 1 aliphatic heterocycles. The SMILES string of the molecule is O=[N+]([O-])c1ccccc1C1=NO[C@@H](CCl)C1. The van der Waals surface area contributed by atoms with Gasteiger partial charge in [-0.05, 0) is 6.07 Å². The van der Waals surface area contributed by atoms with Crippen LogP contribution < -0.4 is 0 Å². The van der Waals surface area contributed by atoms with E-state index in [1.54, 1.807) is 18.2 Å². The van der Waals surface area contributed by atoms with Crippen LogP contribution in [0.5, 0.6) is 0 Å². The number of benzene rings is 1. The van der Waals surface area contributed by atoms with Gasteiger partial charge in [0.25, 0.3) is 5.69 Å². The number of para-hydroxylation sites is 1. The van der Waals surface area contributed by atoms with E-state index in [2.05, 4.69) is 5.16 Å². The van der Waals surface area contributed by atoms with E-state index >= 15 is 0 Å². The van der Waals surface area contributed by atoms with Gasteiger partial charge in [-0.2, -0.15) is 0 Å². The van der Waals surface area contributed by atoms with Gasteiger partial charge in [0.05, 0.1) is 22.1 Å². The zero-order chi connectivity index (χ0) is 11.5. The summed E-state index contributed by atoms with van der Waals surface area (Å²) < 4.78 is 0. The van der Waals surface area contributed by atoms with Crippen LogP contribution in [0.1, 0.15) is 12.0 Å². The molecular weight excluding hydrogens is 232 g/mol. The van der Waals surface area contributed by atoms with Gasteiger partial charge in [-0.25, -0.2) is 0 Å². The molecule has 1 aromatic rings. The van der Waals surface area contributed by atoms with Crippen LogP contribution in [-0.4, -0.2) is 22.6 Å². The number of hydrogen-bond acceptors (Lipinski definition) is 4. The van der Waals surface area contributed by atoms with E-state index in [-0.39, 0.29) is 11.8 Å². The Labute approximate surface area is 96.8 Å². The number of nitro benzene ring substituents is 1. The highest BCUT2D eigenvalue weighted by atomic mass is 35.5. The van der Waals surface area contributed by atoms with E-state index in [4.69, 9.17) is 16.4 Å². The number of nitro groups is 1. The second-order valence-corrected chi connectivity index (χ2v) is 3.71. The van der Waals surface area contributed by atoms with Crippen molar-refractivity contribution in [2.45, 2.75) is 12.5 Å². The Morgan fingerprint density at radius 1 is 1.56 bits per heavy atom. The molecule has 6 heteroatoms. The molecule has 84 valence electrons. The molecule has 0 unspecified atom stereocenters. The Morgan fingerprint density at radius 3 is 2.94 bits per heavy atom. The molecule has 16 heavy (non-hydrogen) atoms. The summed E-state index contributed by atoms with van der Waals surface area (Å²) in [6.07, 6.45) is 0.324. The van der Waals surface area contributed by atoms with Crippen LogP contribution in [0.2, 0.25) is 0 Å². The fourth-order valence-electron chi connectivity index (χ4n) is 1.55. The van der Waals surface area contributed by atoms with Crippen molar-refractivity contribution >= 4 is 23.0 Å². The standard InChI is InChI=1S/C10H9ClN2O3/c11-6-7-5-9(12-16-7)8-3-1-2-4-10(8)13(14)15/h1-4,7H,5-6H2/t7-/m1/s1. The van der Waals surface area contributed by atoms with Crippen LogP contribution in [0.15, 0.2) is 29.4 Å². The van der Waals surface area contributed by atoms with Gasteiger partial charge >= 0.3 is 0 Å². The first-order valence-corrected chi connectivity index (χ1v) is 5.28. The van der Waals surface area contributed by atoms with Crippen molar-refractivity contribution in [2.75, 3.05) is 5.88 Å². The molecule has 1 atom stereocenters. The molecule has 0 saturated heterocycles. The molecule has 0 spiro atoms. The highest BCUT2D eigenvalue weighted by Crippen LogP contribution is 2.24. The molecule has 0 saturated carbocycles. The van der Waals surface area contributed by atoms with E-state index in [0.29, 0.717) is 23.6 Å². The highest BCUT2D eigenvalue weighted by Gasteiger charge is 2.26. The molecule has 0 bridgehead atoms. The van der Waals surface area contributed by atoms with Crippen molar-refractivity contribution in [1.82, 2.24) is 0 Å². The zero-order valence-corrected chi connectivity index (χ0v) is 9.05. The minimum Gasteiger partial charge on any atom is -0.391 e. The van der Waals surface area contributed by atoms with E-state index in [1.165, 1.54) is 6.07 Å². The predicted molar refractivity (Wildman–Crippen MR) is 59.8 cm³/mol. The topological polar surface area (TPSA) is 64.7 Å². The van der Waals surface area contributed by atoms with E-state index < -0.39 is 4.92 Å². The summed E-state index contributed by atoms with van der Waals surface area (Å²) in [4.78, 5) is 15.4. The largest absolute Gasteiger partial charge is 0.391 e. The maximum absolute atomic E-state index is 10.8. The average molecular weight is 241 g/mol. The molecule has 0 N–H and O–H groups in total. The number of halogens is 1. The van der Waals surface area contributed by atoms with Crippen LogP contribution in [0.4, 0.5) is 5.69 Å². The molecular formula is C10H9ClN2O3. The minimum absolute atomic E-state index is 0.0417. The summed E-state index contributed by atoms with van der Waals surface area (Å²) in [6, 6.07) is 6.47. The fraction of sp³-hybridized carbons (Fsp3) is 0.300. The lowest BCUT2D eigenvalue weighted by Crippen LogP contribution is -2.10.